The number of benzene rings is 1. The molecule has 6 nitrogen and oxygen atoms in total. The standard InChI is InChI=1S/C14H18O6/c1-4-10(14(17)19-5-2)20-12-8-9(13(15)16)6-7-11(12)18-3/h6-8,10H,4-5H2,1-3H3,(H,15,16). The first-order valence-corrected chi connectivity index (χ1v) is 6.28. The second-order valence-corrected chi connectivity index (χ2v) is 3.94. The van der Waals surface area contributed by atoms with Gasteiger partial charge < -0.3 is 19.3 Å². The van der Waals surface area contributed by atoms with Gasteiger partial charge in [0.15, 0.2) is 17.6 Å². The number of carbonyl (C=O) groups is 2. The van der Waals surface area contributed by atoms with Crippen LogP contribution in [0.1, 0.15) is 30.6 Å². The van der Waals surface area contributed by atoms with E-state index in [9.17, 15) is 9.59 Å². The second kappa shape index (κ2) is 7.37. The Morgan fingerprint density at radius 3 is 2.45 bits per heavy atom. The fraction of sp³-hybridized carbons (Fsp3) is 0.429. The molecule has 0 aliphatic rings. The van der Waals surface area contributed by atoms with Crippen molar-refractivity contribution >= 4 is 11.9 Å². The lowest BCUT2D eigenvalue weighted by atomic mass is 10.2. The van der Waals surface area contributed by atoms with E-state index in [0.29, 0.717) is 12.2 Å². The summed E-state index contributed by atoms with van der Waals surface area (Å²) in [7, 11) is 1.44. The normalized spacial score (nSPS) is 11.6. The molecule has 0 heterocycles. The summed E-state index contributed by atoms with van der Waals surface area (Å²) < 4.78 is 15.5. The third-order valence-electron chi connectivity index (χ3n) is 2.60. The maximum absolute atomic E-state index is 11.7. The van der Waals surface area contributed by atoms with Crippen LogP contribution in [-0.2, 0) is 9.53 Å². The number of carbonyl (C=O) groups excluding carboxylic acids is 1. The number of esters is 1. The van der Waals surface area contributed by atoms with Crippen molar-refractivity contribution in [3.63, 3.8) is 0 Å². The fourth-order valence-electron chi connectivity index (χ4n) is 1.59. The maximum atomic E-state index is 11.7. The van der Waals surface area contributed by atoms with Crippen molar-refractivity contribution in [2.45, 2.75) is 26.4 Å². The van der Waals surface area contributed by atoms with E-state index in [0.717, 1.165) is 0 Å². The van der Waals surface area contributed by atoms with E-state index in [2.05, 4.69) is 0 Å². The molecule has 0 saturated heterocycles. The molecule has 1 unspecified atom stereocenters. The number of methoxy groups -OCH3 is 1. The van der Waals surface area contributed by atoms with Crippen LogP contribution >= 0.6 is 0 Å². The lowest BCUT2D eigenvalue weighted by molar-refractivity contribution is -0.151. The Kier molecular flexibility index (Phi) is 5.83. The SMILES string of the molecule is CCOC(=O)C(CC)Oc1cc(C(=O)O)ccc1OC. The molecule has 0 aliphatic heterocycles. The first-order chi connectivity index (χ1) is 9.53. The lowest BCUT2D eigenvalue weighted by Crippen LogP contribution is -2.28. The van der Waals surface area contributed by atoms with Crippen molar-refractivity contribution in [1.82, 2.24) is 0 Å². The summed E-state index contributed by atoms with van der Waals surface area (Å²) >= 11 is 0. The number of ether oxygens (including phenoxy) is 3. The number of carboxylic acid groups (broad SMARTS) is 1. The van der Waals surface area contributed by atoms with E-state index in [1.54, 1.807) is 13.8 Å². The van der Waals surface area contributed by atoms with E-state index in [-0.39, 0.29) is 17.9 Å². The smallest absolute Gasteiger partial charge is 0.347 e. The molecule has 0 radical (unpaired) electrons. The molecule has 0 saturated carbocycles. The number of hydrogen-bond acceptors (Lipinski definition) is 5. The Bertz CT molecular complexity index is 483. The van der Waals surface area contributed by atoms with Gasteiger partial charge in [-0.15, -0.1) is 0 Å². The van der Waals surface area contributed by atoms with Crippen LogP contribution < -0.4 is 9.47 Å². The van der Waals surface area contributed by atoms with Crippen molar-refractivity contribution in [3.8, 4) is 11.5 Å². The van der Waals surface area contributed by atoms with Gasteiger partial charge in [0.2, 0.25) is 0 Å². The van der Waals surface area contributed by atoms with Crippen LogP contribution in [0, 0.1) is 0 Å². The molecular weight excluding hydrogens is 264 g/mol. The summed E-state index contributed by atoms with van der Waals surface area (Å²) in [6.45, 7) is 3.73. The zero-order valence-corrected chi connectivity index (χ0v) is 11.7. The Hall–Kier alpha value is -2.24. The molecular formula is C14H18O6. The highest BCUT2D eigenvalue weighted by molar-refractivity contribution is 5.88. The van der Waals surface area contributed by atoms with Crippen LogP contribution in [0.2, 0.25) is 0 Å². The minimum atomic E-state index is -1.08. The predicted octanol–water partition coefficient (Wildman–Crippen LogP) is 2.11. The molecule has 20 heavy (non-hydrogen) atoms. The first kappa shape index (κ1) is 15.8. The van der Waals surface area contributed by atoms with E-state index in [1.807, 2.05) is 0 Å². The van der Waals surface area contributed by atoms with Crippen LogP contribution in [0.4, 0.5) is 0 Å². The van der Waals surface area contributed by atoms with Crippen molar-refractivity contribution in [1.29, 1.82) is 0 Å². The van der Waals surface area contributed by atoms with E-state index >= 15 is 0 Å². The second-order valence-electron chi connectivity index (χ2n) is 3.94. The van der Waals surface area contributed by atoms with Gasteiger partial charge in [-0.2, -0.15) is 0 Å². The number of aromatic carboxylic acids is 1. The number of rotatable bonds is 7. The minimum Gasteiger partial charge on any atom is -0.493 e. The molecule has 1 aromatic rings. The molecule has 0 fully saturated rings. The van der Waals surface area contributed by atoms with Crippen LogP contribution in [-0.4, -0.2) is 36.9 Å². The van der Waals surface area contributed by atoms with Crippen LogP contribution in [0.15, 0.2) is 18.2 Å². The summed E-state index contributed by atoms with van der Waals surface area (Å²) in [5.74, 6) is -1.01. The molecule has 0 aliphatic carbocycles. The van der Waals surface area contributed by atoms with E-state index < -0.39 is 18.0 Å². The summed E-state index contributed by atoms with van der Waals surface area (Å²) in [4.78, 5) is 22.6. The highest BCUT2D eigenvalue weighted by atomic mass is 16.6. The molecule has 6 heteroatoms. The zero-order valence-electron chi connectivity index (χ0n) is 11.7. The maximum Gasteiger partial charge on any atom is 0.347 e. The Morgan fingerprint density at radius 2 is 1.95 bits per heavy atom. The summed E-state index contributed by atoms with van der Waals surface area (Å²) in [5, 5.41) is 8.97. The first-order valence-electron chi connectivity index (χ1n) is 6.28. The van der Waals surface area contributed by atoms with Crippen LogP contribution in [0.25, 0.3) is 0 Å². The van der Waals surface area contributed by atoms with Crippen LogP contribution in [0.3, 0.4) is 0 Å². The topological polar surface area (TPSA) is 82.1 Å². The largest absolute Gasteiger partial charge is 0.493 e. The predicted molar refractivity (Wildman–Crippen MR) is 71.3 cm³/mol. The summed E-state index contributed by atoms with van der Waals surface area (Å²) in [6, 6.07) is 4.21. The molecule has 1 atom stereocenters. The quantitative estimate of drug-likeness (QED) is 0.771. The molecule has 1 aromatic carbocycles. The lowest BCUT2D eigenvalue weighted by Gasteiger charge is -2.18. The van der Waals surface area contributed by atoms with Gasteiger partial charge in [-0.1, -0.05) is 6.92 Å². The Labute approximate surface area is 117 Å². The monoisotopic (exact) mass is 282 g/mol. The molecule has 0 amide bonds. The van der Waals surface area contributed by atoms with Gasteiger partial charge in [-0.25, -0.2) is 9.59 Å². The van der Waals surface area contributed by atoms with Crippen molar-refractivity contribution in [2.24, 2.45) is 0 Å². The average Bonchev–Trinajstić information content (AvgIpc) is 2.44. The van der Waals surface area contributed by atoms with Gasteiger partial charge in [-0.3, -0.25) is 0 Å². The van der Waals surface area contributed by atoms with Gasteiger partial charge in [0.05, 0.1) is 19.3 Å². The van der Waals surface area contributed by atoms with Gasteiger partial charge in [-0.05, 0) is 31.5 Å². The third-order valence-corrected chi connectivity index (χ3v) is 2.60. The van der Waals surface area contributed by atoms with Crippen molar-refractivity contribution < 1.29 is 28.9 Å². The van der Waals surface area contributed by atoms with Crippen molar-refractivity contribution in [3.05, 3.63) is 23.8 Å². The molecule has 0 bridgehead atoms. The minimum absolute atomic E-state index is 0.0551. The van der Waals surface area contributed by atoms with Crippen LogP contribution in [0.5, 0.6) is 11.5 Å². The van der Waals surface area contributed by atoms with Gasteiger partial charge in [0, 0.05) is 0 Å². The average molecular weight is 282 g/mol. The van der Waals surface area contributed by atoms with E-state index in [1.165, 1.54) is 25.3 Å². The molecule has 1 N–H and O–H groups in total. The summed E-state index contributed by atoms with van der Waals surface area (Å²) in [5.41, 5.74) is 0.0551. The highest BCUT2D eigenvalue weighted by Gasteiger charge is 2.22. The van der Waals surface area contributed by atoms with E-state index in [4.69, 9.17) is 19.3 Å². The summed E-state index contributed by atoms with van der Waals surface area (Å²) in [6.07, 6.45) is -0.396. The molecule has 0 aromatic heterocycles. The molecule has 110 valence electrons. The third kappa shape index (κ3) is 3.88. The zero-order chi connectivity index (χ0) is 15.1. The Morgan fingerprint density at radius 1 is 1.25 bits per heavy atom. The van der Waals surface area contributed by atoms with Crippen molar-refractivity contribution in [2.75, 3.05) is 13.7 Å². The molecule has 1 rings (SSSR count). The Balaban J connectivity index is 3.01. The van der Waals surface area contributed by atoms with Gasteiger partial charge >= 0.3 is 11.9 Å². The number of carboxylic acids is 1. The van der Waals surface area contributed by atoms with Gasteiger partial charge in [0.25, 0.3) is 0 Å². The fourth-order valence-corrected chi connectivity index (χ4v) is 1.59. The molecule has 0 spiro atoms. The highest BCUT2D eigenvalue weighted by Crippen LogP contribution is 2.29. The van der Waals surface area contributed by atoms with Gasteiger partial charge in [0.1, 0.15) is 0 Å². The number of hydrogen-bond donors (Lipinski definition) is 1.